The summed E-state index contributed by atoms with van der Waals surface area (Å²) < 4.78 is 24.0. The largest absolute Gasteiger partial charge is 0.228 e. The number of hydrogen-bond donors (Lipinski definition) is 0. The predicted molar refractivity (Wildman–Crippen MR) is 94.7 cm³/mol. The molecular weight excluding hydrogens is 348 g/mol. The highest BCUT2D eigenvalue weighted by atomic mass is 79.9. The van der Waals surface area contributed by atoms with Crippen molar-refractivity contribution in [3.8, 4) is 0 Å². The van der Waals surface area contributed by atoms with Gasteiger partial charge in [-0.25, -0.2) is 8.42 Å². The van der Waals surface area contributed by atoms with Gasteiger partial charge in [0.1, 0.15) is 0 Å². The number of alkyl halides is 1. The Hall–Kier alpha value is -0.350. The molecule has 0 unspecified atom stereocenters. The Morgan fingerprint density at radius 2 is 1.29 bits per heavy atom. The molecule has 1 rings (SSSR count). The predicted octanol–water partition coefficient (Wildman–Crippen LogP) is 5.12. The summed E-state index contributed by atoms with van der Waals surface area (Å²) in [4.78, 5) is 0. The average Bonchev–Trinajstić information content (AvgIpc) is 2.46. The van der Waals surface area contributed by atoms with Crippen molar-refractivity contribution in [1.82, 2.24) is 0 Å². The summed E-state index contributed by atoms with van der Waals surface area (Å²) in [5, 5.41) is 1.10. The maximum atomic E-state index is 12.0. The molecule has 0 saturated heterocycles. The molecule has 2 nitrogen and oxygen atoms in total. The number of rotatable bonds is 12. The molecule has 0 heterocycles. The van der Waals surface area contributed by atoms with Crippen LogP contribution in [0.4, 0.5) is 0 Å². The Morgan fingerprint density at radius 3 is 1.86 bits per heavy atom. The van der Waals surface area contributed by atoms with Crippen molar-refractivity contribution in [2.75, 3.05) is 11.1 Å². The van der Waals surface area contributed by atoms with Gasteiger partial charge in [-0.1, -0.05) is 84.8 Å². The molecule has 0 aliphatic rings. The third-order valence-electron chi connectivity index (χ3n) is 3.57. The zero-order valence-corrected chi connectivity index (χ0v) is 15.2. The second-order valence-electron chi connectivity index (χ2n) is 5.60. The van der Waals surface area contributed by atoms with Gasteiger partial charge in [-0.2, -0.15) is 0 Å². The monoisotopic (exact) mass is 374 g/mol. The first-order valence-electron chi connectivity index (χ1n) is 7.94. The molecule has 0 saturated carbocycles. The van der Waals surface area contributed by atoms with Crippen LogP contribution in [0, 0.1) is 0 Å². The Morgan fingerprint density at radius 1 is 0.762 bits per heavy atom. The summed E-state index contributed by atoms with van der Waals surface area (Å²) >= 11 is 3.44. The standard InChI is InChI=1S/C17H27BrO2S/c18-14-10-5-3-1-2-4-6-11-15-21(19,20)16-17-12-8-7-9-13-17/h7-9,12-13H,1-6,10-11,14-16H2. The zero-order valence-electron chi connectivity index (χ0n) is 12.8. The first-order valence-corrected chi connectivity index (χ1v) is 10.9. The van der Waals surface area contributed by atoms with Crippen LogP contribution in [0.3, 0.4) is 0 Å². The first-order chi connectivity index (χ1) is 10.1. The SMILES string of the molecule is O=S(=O)(CCCCCCCCCCBr)Cc1ccccc1. The van der Waals surface area contributed by atoms with Gasteiger partial charge in [-0.05, 0) is 18.4 Å². The molecule has 4 heteroatoms. The normalized spacial score (nSPS) is 11.7. The molecule has 0 atom stereocenters. The lowest BCUT2D eigenvalue weighted by Crippen LogP contribution is -2.09. The Kier molecular flexibility index (Phi) is 10.0. The van der Waals surface area contributed by atoms with E-state index >= 15 is 0 Å². The fraction of sp³-hybridized carbons (Fsp3) is 0.647. The van der Waals surface area contributed by atoms with Crippen LogP contribution in [0.15, 0.2) is 30.3 Å². The molecular formula is C17H27BrO2S. The lowest BCUT2D eigenvalue weighted by Gasteiger charge is -2.05. The molecule has 0 aliphatic carbocycles. The summed E-state index contributed by atoms with van der Waals surface area (Å²) in [6.45, 7) is 0. The summed E-state index contributed by atoms with van der Waals surface area (Å²) in [5.41, 5.74) is 0.893. The van der Waals surface area contributed by atoms with E-state index in [1.165, 1.54) is 32.1 Å². The van der Waals surface area contributed by atoms with Gasteiger partial charge in [-0.3, -0.25) is 0 Å². The molecule has 0 spiro atoms. The van der Waals surface area contributed by atoms with E-state index in [0.717, 1.165) is 30.2 Å². The zero-order chi connectivity index (χ0) is 15.4. The number of hydrogen-bond acceptors (Lipinski definition) is 2. The molecule has 1 aromatic carbocycles. The smallest absolute Gasteiger partial charge is 0.154 e. The van der Waals surface area contributed by atoms with E-state index < -0.39 is 9.84 Å². The van der Waals surface area contributed by atoms with E-state index in [0.29, 0.717) is 5.75 Å². The number of unbranched alkanes of at least 4 members (excludes halogenated alkanes) is 7. The number of halogens is 1. The summed E-state index contributed by atoms with van der Waals surface area (Å²) in [5.74, 6) is 0.506. The van der Waals surface area contributed by atoms with Crippen molar-refractivity contribution in [3.05, 3.63) is 35.9 Å². The van der Waals surface area contributed by atoms with Gasteiger partial charge >= 0.3 is 0 Å². The molecule has 21 heavy (non-hydrogen) atoms. The van der Waals surface area contributed by atoms with E-state index in [9.17, 15) is 8.42 Å². The van der Waals surface area contributed by atoms with E-state index in [1.807, 2.05) is 30.3 Å². The fourth-order valence-corrected chi connectivity index (χ4v) is 4.26. The van der Waals surface area contributed by atoms with Gasteiger partial charge < -0.3 is 0 Å². The van der Waals surface area contributed by atoms with Gasteiger partial charge in [0.15, 0.2) is 9.84 Å². The molecule has 0 bridgehead atoms. The maximum absolute atomic E-state index is 12.0. The lowest BCUT2D eigenvalue weighted by atomic mass is 10.1. The average molecular weight is 375 g/mol. The van der Waals surface area contributed by atoms with Crippen LogP contribution < -0.4 is 0 Å². The third-order valence-corrected chi connectivity index (χ3v) is 5.81. The topological polar surface area (TPSA) is 34.1 Å². The molecule has 0 N–H and O–H groups in total. The van der Waals surface area contributed by atoms with Gasteiger partial charge in [0.25, 0.3) is 0 Å². The molecule has 1 aromatic rings. The fourth-order valence-electron chi connectivity index (χ4n) is 2.38. The number of benzene rings is 1. The van der Waals surface area contributed by atoms with Crippen LogP contribution in [0.5, 0.6) is 0 Å². The lowest BCUT2D eigenvalue weighted by molar-refractivity contribution is 0.573. The summed E-state index contributed by atoms with van der Waals surface area (Å²) in [6, 6.07) is 9.45. The minimum atomic E-state index is -2.94. The van der Waals surface area contributed by atoms with Crippen molar-refractivity contribution in [3.63, 3.8) is 0 Å². The van der Waals surface area contributed by atoms with Crippen molar-refractivity contribution in [1.29, 1.82) is 0 Å². The third kappa shape index (κ3) is 10.1. The molecule has 0 radical (unpaired) electrons. The second kappa shape index (κ2) is 11.2. The van der Waals surface area contributed by atoms with Gasteiger partial charge in [0.2, 0.25) is 0 Å². The van der Waals surface area contributed by atoms with Gasteiger partial charge in [0.05, 0.1) is 11.5 Å². The van der Waals surface area contributed by atoms with E-state index in [1.54, 1.807) is 0 Å². The van der Waals surface area contributed by atoms with E-state index in [-0.39, 0.29) is 5.75 Å². The Bertz CT molecular complexity index is 457. The molecule has 0 amide bonds. The highest BCUT2D eigenvalue weighted by Crippen LogP contribution is 2.12. The van der Waals surface area contributed by atoms with Crippen LogP contribution in [-0.4, -0.2) is 19.5 Å². The van der Waals surface area contributed by atoms with Crippen molar-refractivity contribution < 1.29 is 8.42 Å². The minimum absolute atomic E-state index is 0.181. The summed E-state index contributed by atoms with van der Waals surface area (Å²) in [6.07, 6.45) is 9.38. The van der Waals surface area contributed by atoms with Crippen LogP contribution >= 0.6 is 15.9 Å². The van der Waals surface area contributed by atoms with Crippen molar-refractivity contribution >= 4 is 25.8 Å². The molecule has 0 aliphatic heterocycles. The van der Waals surface area contributed by atoms with Crippen molar-refractivity contribution in [2.45, 2.75) is 57.1 Å². The van der Waals surface area contributed by atoms with E-state index in [2.05, 4.69) is 15.9 Å². The molecule has 0 aromatic heterocycles. The highest BCUT2D eigenvalue weighted by Gasteiger charge is 2.11. The highest BCUT2D eigenvalue weighted by molar-refractivity contribution is 9.09. The molecule has 0 fully saturated rings. The second-order valence-corrected chi connectivity index (χ2v) is 8.57. The molecule has 120 valence electrons. The maximum Gasteiger partial charge on any atom is 0.154 e. The summed E-state index contributed by atoms with van der Waals surface area (Å²) in [7, 11) is -2.94. The Balaban J connectivity index is 2.06. The quantitative estimate of drug-likeness (QED) is 0.375. The Labute approximate surface area is 138 Å². The van der Waals surface area contributed by atoms with Gasteiger partial charge in [0, 0.05) is 5.33 Å². The minimum Gasteiger partial charge on any atom is -0.228 e. The van der Waals surface area contributed by atoms with Crippen LogP contribution in [-0.2, 0) is 15.6 Å². The van der Waals surface area contributed by atoms with Gasteiger partial charge in [-0.15, -0.1) is 0 Å². The number of sulfone groups is 1. The van der Waals surface area contributed by atoms with E-state index in [4.69, 9.17) is 0 Å². The van der Waals surface area contributed by atoms with Crippen LogP contribution in [0.25, 0.3) is 0 Å². The first kappa shape index (κ1) is 18.7. The van der Waals surface area contributed by atoms with Crippen LogP contribution in [0.2, 0.25) is 0 Å². The van der Waals surface area contributed by atoms with Crippen LogP contribution in [0.1, 0.15) is 56.9 Å². The van der Waals surface area contributed by atoms with Crippen molar-refractivity contribution in [2.24, 2.45) is 0 Å².